The van der Waals surface area contributed by atoms with Gasteiger partial charge in [-0.1, -0.05) is 23.7 Å². The fourth-order valence-electron chi connectivity index (χ4n) is 1.88. The van der Waals surface area contributed by atoms with Gasteiger partial charge < -0.3 is 9.88 Å². The molecule has 1 aromatic heterocycles. The summed E-state index contributed by atoms with van der Waals surface area (Å²) in [7, 11) is 0. The molecule has 1 heterocycles. The van der Waals surface area contributed by atoms with Gasteiger partial charge in [-0.2, -0.15) is 0 Å². The molecule has 18 heavy (non-hydrogen) atoms. The predicted molar refractivity (Wildman–Crippen MR) is 74.8 cm³/mol. The Morgan fingerprint density at radius 2 is 2.06 bits per heavy atom. The molecule has 0 fully saturated rings. The lowest BCUT2D eigenvalue weighted by Gasteiger charge is -2.06. The maximum absolute atomic E-state index is 5.85. The predicted octanol–water partition coefficient (Wildman–Crippen LogP) is 2.89. The smallest absolute Gasteiger partial charge is 0.122 e. The first-order valence-corrected chi connectivity index (χ1v) is 6.62. The van der Waals surface area contributed by atoms with Gasteiger partial charge in [0.25, 0.3) is 0 Å². The van der Waals surface area contributed by atoms with Crippen LogP contribution in [0, 0.1) is 0 Å². The average molecular weight is 264 g/mol. The molecule has 0 unspecified atom stereocenters. The molecule has 0 spiro atoms. The Labute approximate surface area is 113 Å². The van der Waals surface area contributed by atoms with Crippen LogP contribution >= 0.6 is 11.6 Å². The van der Waals surface area contributed by atoms with E-state index >= 15 is 0 Å². The third-order valence-electron chi connectivity index (χ3n) is 2.93. The standard InChI is InChI=1S/C14H18ClN3/c1-2-18-10-9-17-14(18)11-16-8-7-12-3-5-13(15)6-4-12/h3-6,9-10,16H,2,7-8,11H2,1H3. The summed E-state index contributed by atoms with van der Waals surface area (Å²) < 4.78 is 2.15. The SMILES string of the molecule is CCn1ccnc1CNCCc1ccc(Cl)cc1. The van der Waals surface area contributed by atoms with Crippen LogP contribution in [0.25, 0.3) is 0 Å². The Balaban J connectivity index is 1.74. The molecule has 1 aromatic carbocycles. The van der Waals surface area contributed by atoms with E-state index in [1.165, 1.54) is 5.56 Å². The molecule has 0 atom stereocenters. The van der Waals surface area contributed by atoms with E-state index in [0.29, 0.717) is 0 Å². The number of rotatable bonds is 6. The van der Waals surface area contributed by atoms with Crippen molar-refractivity contribution in [2.45, 2.75) is 26.4 Å². The number of halogens is 1. The topological polar surface area (TPSA) is 29.9 Å². The molecule has 0 saturated carbocycles. The van der Waals surface area contributed by atoms with Crippen molar-refractivity contribution in [2.24, 2.45) is 0 Å². The number of nitrogens with zero attached hydrogens (tertiary/aromatic N) is 2. The molecule has 0 bridgehead atoms. The summed E-state index contributed by atoms with van der Waals surface area (Å²) in [5.74, 6) is 1.09. The fraction of sp³-hybridized carbons (Fsp3) is 0.357. The summed E-state index contributed by atoms with van der Waals surface area (Å²) in [5, 5.41) is 4.20. The van der Waals surface area contributed by atoms with Gasteiger partial charge in [-0.3, -0.25) is 0 Å². The Kier molecular flexibility index (Phi) is 4.79. The fourth-order valence-corrected chi connectivity index (χ4v) is 2.01. The van der Waals surface area contributed by atoms with Gasteiger partial charge in [0.15, 0.2) is 0 Å². The van der Waals surface area contributed by atoms with Gasteiger partial charge in [0.05, 0.1) is 6.54 Å². The number of nitrogens with one attached hydrogen (secondary N) is 1. The molecule has 2 aromatic rings. The minimum atomic E-state index is 0.789. The summed E-state index contributed by atoms with van der Waals surface area (Å²) >= 11 is 5.85. The molecule has 0 aliphatic heterocycles. The molecule has 0 radical (unpaired) electrons. The third kappa shape index (κ3) is 3.59. The zero-order valence-corrected chi connectivity index (χ0v) is 11.3. The molecule has 0 aliphatic carbocycles. The van der Waals surface area contributed by atoms with Crippen molar-refractivity contribution in [2.75, 3.05) is 6.54 Å². The minimum absolute atomic E-state index is 0.789. The second-order valence-corrected chi connectivity index (χ2v) is 4.62. The highest BCUT2D eigenvalue weighted by Crippen LogP contribution is 2.09. The number of aromatic nitrogens is 2. The highest BCUT2D eigenvalue weighted by Gasteiger charge is 2.00. The molecule has 1 N–H and O–H groups in total. The van der Waals surface area contributed by atoms with Gasteiger partial charge in [-0.15, -0.1) is 0 Å². The Morgan fingerprint density at radius 3 is 2.78 bits per heavy atom. The first kappa shape index (κ1) is 13.1. The van der Waals surface area contributed by atoms with Gasteiger partial charge in [-0.25, -0.2) is 4.98 Å². The molecule has 0 aliphatic rings. The van der Waals surface area contributed by atoms with E-state index in [0.717, 1.165) is 36.9 Å². The zero-order valence-electron chi connectivity index (χ0n) is 10.6. The highest BCUT2D eigenvalue weighted by molar-refractivity contribution is 6.30. The second-order valence-electron chi connectivity index (χ2n) is 4.18. The zero-order chi connectivity index (χ0) is 12.8. The monoisotopic (exact) mass is 263 g/mol. The van der Waals surface area contributed by atoms with Crippen LogP contribution in [0.5, 0.6) is 0 Å². The van der Waals surface area contributed by atoms with Crippen molar-refractivity contribution < 1.29 is 0 Å². The van der Waals surface area contributed by atoms with Crippen molar-refractivity contribution in [1.82, 2.24) is 14.9 Å². The van der Waals surface area contributed by atoms with Crippen molar-refractivity contribution in [3.63, 3.8) is 0 Å². The lowest BCUT2D eigenvalue weighted by Crippen LogP contribution is -2.19. The lowest BCUT2D eigenvalue weighted by molar-refractivity contribution is 0.613. The molecular formula is C14H18ClN3. The number of hydrogen-bond acceptors (Lipinski definition) is 2. The van der Waals surface area contributed by atoms with E-state index < -0.39 is 0 Å². The van der Waals surface area contributed by atoms with Crippen LogP contribution in [-0.4, -0.2) is 16.1 Å². The second kappa shape index (κ2) is 6.57. The minimum Gasteiger partial charge on any atom is -0.334 e. The first-order valence-electron chi connectivity index (χ1n) is 6.24. The van der Waals surface area contributed by atoms with Gasteiger partial charge in [0.2, 0.25) is 0 Å². The van der Waals surface area contributed by atoms with Crippen molar-refractivity contribution in [1.29, 1.82) is 0 Å². The molecule has 0 saturated heterocycles. The van der Waals surface area contributed by atoms with Crippen LogP contribution < -0.4 is 5.32 Å². The number of aryl methyl sites for hydroxylation is 1. The Bertz CT molecular complexity index is 476. The summed E-state index contributed by atoms with van der Waals surface area (Å²) in [6.45, 7) is 4.85. The van der Waals surface area contributed by atoms with Gasteiger partial charge in [0, 0.05) is 24.0 Å². The molecule has 3 nitrogen and oxygen atoms in total. The van der Waals surface area contributed by atoms with E-state index in [4.69, 9.17) is 11.6 Å². The van der Waals surface area contributed by atoms with Gasteiger partial charge in [-0.05, 0) is 37.6 Å². The van der Waals surface area contributed by atoms with Crippen LogP contribution in [-0.2, 0) is 19.5 Å². The number of imidazole rings is 1. The molecule has 4 heteroatoms. The van der Waals surface area contributed by atoms with Crippen LogP contribution in [0.15, 0.2) is 36.7 Å². The first-order chi connectivity index (χ1) is 8.79. The summed E-state index contributed by atoms with van der Waals surface area (Å²) in [6.07, 6.45) is 4.86. The maximum atomic E-state index is 5.85. The van der Waals surface area contributed by atoms with E-state index in [1.807, 2.05) is 24.5 Å². The quantitative estimate of drug-likeness (QED) is 0.813. The van der Waals surface area contributed by atoms with Crippen LogP contribution in [0.3, 0.4) is 0 Å². The van der Waals surface area contributed by atoms with Gasteiger partial charge in [0.1, 0.15) is 5.82 Å². The lowest BCUT2D eigenvalue weighted by atomic mass is 10.1. The van der Waals surface area contributed by atoms with Crippen LogP contribution in [0.2, 0.25) is 5.02 Å². The molecule has 0 amide bonds. The number of hydrogen-bond donors (Lipinski definition) is 1. The molecular weight excluding hydrogens is 246 g/mol. The summed E-state index contributed by atoms with van der Waals surface area (Å²) in [5.41, 5.74) is 1.30. The average Bonchev–Trinajstić information content (AvgIpc) is 2.84. The Morgan fingerprint density at radius 1 is 1.28 bits per heavy atom. The summed E-state index contributed by atoms with van der Waals surface area (Å²) in [4.78, 5) is 4.33. The van der Waals surface area contributed by atoms with E-state index in [9.17, 15) is 0 Å². The summed E-state index contributed by atoms with van der Waals surface area (Å²) in [6, 6.07) is 8.00. The van der Waals surface area contributed by atoms with Crippen molar-refractivity contribution in [3.05, 3.63) is 53.1 Å². The van der Waals surface area contributed by atoms with Crippen molar-refractivity contribution in [3.8, 4) is 0 Å². The van der Waals surface area contributed by atoms with E-state index in [1.54, 1.807) is 0 Å². The van der Waals surface area contributed by atoms with Crippen LogP contribution in [0.1, 0.15) is 18.3 Å². The number of benzene rings is 1. The normalized spacial score (nSPS) is 10.8. The largest absolute Gasteiger partial charge is 0.334 e. The Hall–Kier alpha value is -1.32. The molecule has 2 rings (SSSR count). The maximum Gasteiger partial charge on any atom is 0.122 e. The van der Waals surface area contributed by atoms with E-state index in [-0.39, 0.29) is 0 Å². The van der Waals surface area contributed by atoms with Crippen molar-refractivity contribution >= 4 is 11.6 Å². The molecule has 96 valence electrons. The third-order valence-corrected chi connectivity index (χ3v) is 3.18. The van der Waals surface area contributed by atoms with E-state index in [2.05, 4.69) is 33.9 Å². The van der Waals surface area contributed by atoms with Crippen LogP contribution in [0.4, 0.5) is 0 Å². The highest BCUT2D eigenvalue weighted by atomic mass is 35.5. The van der Waals surface area contributed by atoms with Gasteiger partial charge >= 0.3 is 0 Å².